The molecule has 12 heteroatoms. The Labute approximate surface area is 211 Å². The van der Waals surface area contributed by atoms with Crippen LogP contribution in [0.3, 0.4) is 0 Å². The second-order valence-corrected chi connectivity index (χ2v) is 11.6. The van der Waals surface area contributed by atoms with E-state index in [1.807, 2.05) is 0 Å². The van der Waals surface area contributed by atoms with E-state index in [4.69, 9.17) is 9.47 Å². The number of nitrogens with one attached hydrogen (secondary N) is 2. The normalized spacial score (nSPS) is 11.7. The molecule has 192 valence electrons. The Hall–Kier alpha value is -3.61. The molecule has 0 spiro atoms. The minimum absolute atomic E-state index is 0.0295. The summed E-state index contributed by atoms with van der Waals surface area (Å²) >= 11 is 0. The third kappa shape index (κ3) is 6.97. The van der Waals surface area contributed by atoms with Gasteiger partial charge in [-0.1, -0.05) is 18.2 Å². The highest BCUT2D eigenvalue weighted by Gasteiger charge is 2.17. The van der Waals surface area contributed by atoms with Crippen molar-refractivity contribution in [3.63, 3.8) is 0 Å². The van der Waals surface area contributed by atoms with Gasteiger partial charge in [-0.2, -0.15) is 0 Å². The van der Waals surface area contributed by atoms with Gasteiger partial charge >= 0.3 is 0 Å². The molecule has 0 radical (unpaired) electrons. The number of hydrogen-bond acceptors (Lipinski definition) is 7. The molecular formula is C24H27N3O7S2. The fraction of sp³-hybridized carbons (Fsp3) is 0.208. The molecule has 36 heavy (non-hydrogen) atoms. The molecule has 0 saturated carbocycles. The van der Waals surface area contributed by atoms with Crippen LogP contribution in [0.15, 0.2) is 82.6 Å². The predicted octanol–water partition coefficient (Wildman–Crippen LogP) is 2.44. The molecule has 0 heterocycles. The number of hydrogen-bond donors (Lipinski definition) is 2. The van der Waals surface area contributed by atoms with Crippen LogP contribution in [0, 0.1) is 0 Å². The number of methoxy groups -OCH3 is 1. The zero-order chi connectivity index (χ0) is 26.3. The molecule has 0 aromatic heterocycles. The average Bonchev–Trinajstić information content (AvgIpc) is 2.86. The second-order valence-electron chi connectivity index (χ2n) is 7.81. The van der Waals surface area contributed by atoms with Crippen LogP contribution in [0.4, 0.5) is 5.69 Å². The summed E-state index contributed by atoms with van der Waals surface area (Å²) in [5.74, 6) is 0.451. The van der Waals surface area contributed by atoms with Gasteiger partial charge in [0.25, 0.3) is 15.9 Å². The van der Waals surface area contributed by atoms with Crippen LogP contribution in [0.2, 0.25) is 0 Å². The smallest absolute Gasteiger partial charge is 0.261 e. The molecule has 3 aromatic rings. The fourth-order valence-corrected chi connectivity index (χ4v) is 4.96. The lowest BCUT2D eigenvalue weighted by Gasteiger charge is -2.12. The molecule has 0 atom stereocenters. The highest BCUT2D eigenvalue weighted by atomic mass is 32.2. The highest BCUT2D eigenvalue weighted by molar-refractivity contribution is 7.92. The summed E-state index contributed by atoms with van der Waals surface area (Å²) in [7, 11) is -2.94. The van der Waals surface area contributed by atoms with Gasteiger partial charge in [-0.15, -0.1) is 0 Å². The van der Waals surface area contributed by atoms with Crippen LogP contribution in [0.1, 0.15) is 5.56 Å². The summed E-state index contributed by atoms with van der Waals surface area (Å²) in [6, 6.07) is 18.4. The van der Waals surface area contributed by atoms with Gasteiger partial charge in [0.2, 0.25) is 10.0 Å². The zero-order valence-electron chi connectivity index (χ0n) is 20.0. The summed E-state index contributed by atoms with van der Waals surface area (Å²) < 4.78 is 63.6. The standard InChI is InChI=1S/C24H27N3O7S2/c1-27(2)36(31,32)23-11-7-18(8-12-23)16-25-24(28)17-34-20-9-13-22(14-10-20)35(29,30)26-19-5-4-6-21(15-19)33-3/h4-15,26H,16-17H2,1-3H3,(H,25,28). The third-order valence-electron chi connectivity index (χ3n) is 5.02. The van der Waals surface area contributed by atoms with Crippen molar-refractivity contribution in [2.75, 3.05) is 32.5 Å². The number of carbonyl (C=O) groups excluding carboxylic acids is 1. The van der Waals surface area contributed by atoms with Gasteiger partial charge in [0, 0.05) is 26.7 Å². The quantitative estimate of drug-likeness (QED) is 0.387. The summed E-state index contributed by atoms with van der Waals surface area (Å²) in [4.78, 5) is 12.3. The Kier molecular flexibility index (Phi) is 8.56. The lowest BCUT2D eigenvalue weighted by atomic mass is 10.2. The molecule has 3 rings (SSSR count). The van der Waals surface area contributed by atoms with E-state index in [1.54, 1.807) is 36.4 Å². The number of carbonyl (C=O) groups is 1. The molecule has 2 N–H and O–H groups in total. The van der Waals surface area contributed by atoms with E-state index in [0.29, 0.717) is 17.2 Å². The maximum absolute atomic E-state index is 12.6. The number of nitrogens with zero attached hydrogens (tertiary/aromatic N) is 1. The van der Waals surface area contributed by atoms with Crippen molar-refractivity contribution in [2.45, 2.75) is 16.3 Å². The molecule has 0 unspecified atom stereocenters. The van der Waals surface area contributed by atoms with Gasteiger partial charge < -0.3 is 14.8 Å². The van der Waals surface area contributed by atoms with E-state index in [2.05, 4.69) is 10.0 Å². The van der Waals surface area contributed by atoms with Crippen LogP contribution in [-0.2, 0) is 31.4 Å². The number of anilines is 1. The zero-order valence-corrected chi connectivity index (χ0v) is 21.6. The summed E-state index contributed by atoms with van der Waals surface area (Å²) in [6.07, 6.45) is 0. The fourth-order valence-electron chi connectivity index (χ4n) is 3.01. The SMILES string of the molecule is COc1cccc(NS(=O)(=O)c2ccc(OCC(=O)NCc3ccc(S(=O)(=O)N(C)C)cc3)cc2)c1. The first-order chi connectivity index (χ1) is 17.0. The van der Waals surface area contributed by atoms with Crippen LogP contribution in [0.5, 0.6) is 11.5 Å². The lowest BCUT2D eigenvalue weighted by molar-refractivity contribution is -0.123. The topological polar surface area (TPSA) is 131 Å². The van der Waals surface area contributed by atoms with Crippen molar-refractivity contribution in [1.29, 1.82) is 0 Å². The monoisotopic (exact) mass is 533 g/mol. The Bertz CT molecular complexity index is 1400. The van der Waals surface area contributed by atoms with Crippen LogP contribution >= 0.6 is 0 Å². The van der Waals surface area contributed by atoms with Crippen LogP contribution in [-0.4, -0.2) is 54.9 Å². The third-order valence-corrected chi connectivity index (χ3v) is 8.24. The Balaban J connectivity index is 1.51. The van der Waals surface area contributed by atoms with Crippen molar-refractivity contribution in [2.24, 2.45) is 0 Å². The number of rotatable bonds is 11. The van der Waals surface area contributed by atoms with Crippen molar-refractivity contribution >= 4 is 31.6 Å². The van der Waals surface area contributed by atoms with Crippen LogP contribution < -0.4 is 19.5 Å². The molecule has 3 aromatic carbocycles. The first-order valence-electron chi connectivity index (χ1n) is 10.7. The first kappa shape index (κ1) is 27.0. The molecular weight excluding hydrogens is 506 g/mol. The molecule has 1 amide bonds. The Morgan fingerprint density at radius 3 is 2.11 bits per heavy atom. The van der Waals surface area contributed by atoms with E-state index >= 15 is 0 Å². The van der Waals surface area contributed by atoms with Gasteiger partial charge in [-0.05, 0) is 54.1 Å². The van der Waals surface area contributed by atoms with Gasteiger partial charge in [0.15, 0.2) is 6.61 Å². The highest BCUT2D eigenvalue weighted by Crippen LogP contribution is 2.22. The number of ether oxygens (including phenoxy) is 2. The minimum atomic E-state index is -3.82. The summed E-state index contributed by atoms with van der Waals surface area (Å²) in [5, 5.41) is 2.68. The Morgan fingerprint density at radius 1 is 0.861 bits per heavy atom. The van der Waals surface area contributed by atoms with Gasteiger partial charge in [-0.3, -0.25) is 9.52 Å². The van der Waals surface area contributed by atoms with E-state index in [9.17, 15) is 21.6 Å². The summed E-state index contributed by atoms with van der Waals surface area (Å²) in [5.41, 5.74) is 1.08. The van der Waals surface area contributed by atoms with Crippen molar-refractivity contribution in [3.05, 3.63) is 78.4 Å². The minimum Gasteiger partial charge on any atom is -0.497 e. The average molecular weight is 534 g/mol. The first-order valence-corrected chi connectivity index (χ1v) is 13.6. The molecule has 0 aliphatic carbocycles. The van der Waals surface area contributed by atoms with Crippen molar-refractivity contribution in [3.8, 4) is 11.5 Å². The van der Waals surface area contributed by atoms with E-state index in [-0.39, 0.29) is 22.9 Å². The molecule has 0 aliphatic heterocycles. The number of amides is 1. The second kappa shape index (κ2) is 11.4. The predicted molar refractivity (Wildman–Crippen MR) is 135 cm³/mol. The lowest BCUT2D eigenvalue weighted by Crippen LogP contribution is -2.28. The van der Waals surface area contributed by atoms with Gasteiger partial charge in [0.1, 0.15) is 11.5 Å². The van der Waals surface area contributed by atoms with Crippen LogP contribution in [0.25, 0.3) is 0 Å². The van der Waals surface area contributed by atoms with E-state index < -0.39 is 26.0 Å². The molecule has 0 bridgehead atoms. The van der Waals surface area contributed by atoms with E-state index in [1.165, 1.54) is 57.6 Å². The molecule has 0 aliphatic rings. The van der Waals surface area contributed by atoms with E-state index in [0.717, 1.165) is 9.87 Å². The molecule has 0 saturated heterocycles. The Morgan fingerprint density at radius 2 is 1.50 bits per heavy atom. The van der Waals surface area contributed by atoms with Gasteiger partial charge in [-0.25, -0.2) is 21.1 Å². The van der Waals surface area contributed by atoms with Crippen molar-refractivity contribution < 1.29 is 31.1 Å². The van der Waals surface area contributed by atoms with Crippen molar-refractivity contribution in [1.82, 2.24) is 9.62 Å². The van der Waals surface area contributed by atoms with Gasteiger partial charge in [0.05, 0.1) is 22.6 Å². The maximum atomic E-state index is 12.6. The number of sulfonamides is 2. The largest absolute Gasteiger partial charge is 0.497 e. The maximum Gasteiger partial charge on any atom is 0.261 e. The molecule has 0 fully saturated rings. The summed E-state index contributed by atoms with van der Waals surface area (Å²) in [6.45, 7) is -0.0845. The molecule has 10 nitrogen and oxygen atoms in total. The number of benzene rings is 3.